The normalized spacial score (nSPS) is 21.6. The molecule has 2 amide bonds. The van der Waals surface area contributed by atoms with Gasteiger partial charge in [0.1, 0.15) is 5.92 Å². The number of hydrogen-bond acceptors (Lipinski definition) is 3. The molecule has 0 bridgehead atoms. The molecule has 0 aromatic heterocycles. The number of carbonyl (C=O) groups excluding carboxylic acids is 2. The molecule has 3 rings (SSSR count). The number of nitrogens with zero attached hydrogens (tertiary/aromatic N) is 2. The molecule has 2 fully saturated rings. The van der Waals surface area contributed by atoms with E-state index in [2.05, 4.69) is 26.0 Å². The Kier molecular flexibility index (Phi) is 6.47. The lowest BCUT2D eigenvalue weighted by Gasteiger charge is -2.31. The lowest BCUT2D eigenvalue weighted by Crippen LogP contribution is -2.46. The van der Waals surface area contributed by atoms with Crippen LogP contribution in [0.1, 0.15) is 44.6 Å². The van der Waals surface area contributed by atoms with E-state index in [0.717, 1.165) is 18.5 Å². The highest BCUT2D eigenvalue weighted by Crippen LogP contribution is 2.28. The van der Waals surface area contributed by atoms with Gasteiger partial charge in [-0.25, -0.2) is 0 Å². The van der Waals surface area contributed by atoms with E-state index in [1.807, 2.05) is 17.0 Å². The molecule has 6 heteroatoms. The van der Waals surface area contributed by atoms with Gasteiger partial charge in [-0.2, -0.15) is 0 Å². The highest BCUT2D eigenvalue weighted by atomic mass is 35.5. The molecule has 0 spiro atoms. The zero-order chi connectivity index (χ0) is 17.3. The first-order valence-electron chi connectivity index (χ1n) is 8.93. The van der Waals surface area contributed by atoms with E-state index in [1.54, 1.807) is 4.90 Å². The van der Waals surface area contributed by atoms with Crippen LogP contribution in [0.3, 0.4) is 0 Å². The zero-order valence-electron chi connectivity index (χ0n) is 15.0. The number of anilines is 1. The summed E-state index contributed by atoms with van der Waals surface area (Å²) in [6.07, 6.45) is 2.26. The van der Waals surface area contributed by atoms with Gasteiger partial charge in [-0.3, -0.25) is 9.59 Å². The van der Waals surface area contributed by atoms with Gasteiger partial charge in [-0.15, -0.1) is 12.4 Å². The van der Waals surface area contributed by atoms with Crippen molar-refractivity contribution in [2.45, 2.75) is 45.1 Å². The number of benzene rings is 1. The summed E-state index contributed by atoms with van der Waals surface area (Å²) in [6, 6.07) is 8.28. The number of hydrogen-bond donors (Lipinski definition) is 1. The first-order valence-corrected chi connectivity index (χ1v) is 8.93. The second-order valence-electron chi connectivity index (χ2n) is 7.24. The summed E-state index contributed by atoms with van der Waals surface area (Å²) in [7, 11) is 0. The van der Waals surface area contributed by atoms with E-state index in [9.17, 15) is 9.59 Å². The van der Waals surface area contributed by atoms with E-state index >= 15 is 0 Å². The first kappa shape index (κ1) is 19.7. The van der Waals surface area contributed by atoms with Crippen LogP contribution in [0, 0.1) is 5.92 Å². The van der Waals surface area contributed by atoms with Crippen LogP contribution in [-0.4, -0.2) is 42.4 Å². The van der Waals surface area contributed by atoms with E-state index in [4.69, 9.17) is 5.73 Å². The SMILES string of the molecule is CC(C)c1ccc(N2CCC(C(=O)N3CCC(N)CC3)C2=O)cc1.Cl. The minimum atomic E-state index is -0.524. The number of halogens is 1. The Morgan fingerprint density at radius 1 is 1.08 bits per heavy atom. The fourth-order valence-corrected chi connectivity index (χ4v) is 3.54. The van der Waals surface area contributed by atoms with Crippen molar-refractivity contribution in [1.82, 2.24) is 4.90 Å². The molecular formula is C19H28ClN3O2. The zero-order valence-corrected chi connectivity index (χ0v) is 15.8. The Hall–Kier alpha value is -1.59. The lowest BCUT2D eigenvalue weighted by atomic mass is 10.0. The third-order valence-electron chi connectivity index (χ3n) is 5.23. The molecule has 138 valence electrons. The number of nitrogens with two attached hydrogens (primary N) is 1. The average molecular weight is 366 g/mol. The van der Waals surface area contributed by atoms with Crippen LogP contribution in [0.4, 0.5) is 5.69 Å². The van der Waals surface area contributed by atoms with Gasteiger partial charge < -0.3 is 15.5 Å². The molecule has 0 saturated carbocycles. The molecular weight excluding hydrogens is 338 g/mol. The third kappa shape index (κ3) is 4.15. The van der Waals surface area contributed by atoms with Gasteiger partial charge >= 0.3 is 0 Å². The van der Waals surface area contributed by atoms with Gasteiger partial charge in [0.25, 0.3) is 0 Å². The summed E-state index contributed by atoms with van der Waals surface area (Å²) in [5.74, 6) is -0.141. The average Bonchev–Trinajstić information content (AvgIpc) is 2.96. The topological polar surface area (TPSA) is 66.6 Å². The predicted molar refractivity (Wildman–Crippen MR) is 102 cm³/mol. The molecule has 0 radical (unpaired) electrons. The number of likely N-dealkylation sites (tertiary alicyclic amines) is 1. The molecule has 25 heavy (non-hydrogen) atoms. The van der Waals surface area contributed by atoms with Gasteiger partial charge in [0.15, 0.2) is 0 Å². The van der Waals surface area contributed by atoms with Crippen molar-refractivity contribution < 1.29 is 9.59 Å². The minimum Gasteiger partial charge on any atom is -0.342 e. The summed E-state index contributed by atoms with van der Waals surface area (Å²) in [5.41, 5.74) is 8.04. The van der Waals surface area contributed by atoms with E-state index in [1.165, 1.54) is 5.56 Å². The lowest BCUT2D eigenvalue weighted by molar-refractivity contribution is -0.140. The second kappa shape index (κ2) is 8.19. The van der Waals surface area contributed by atoms with Crippen molar-refractivity contribution >= 4 is 29.9 Å². The Balaban J connectivity index is 0.00000225. The van der Waals surface area contributed by atoms with Crippen molar-refractivity contribution in [1.29, 1.82) is 0 Å². The van der Waals surface area contributed by atoms with E-state index in [0.29, 0.717) is 32.0 Å². The standard InChI is InChI=1S/C19H27N3O2.ClH/c1-13(2)14-3-5-16(6-4-14)22-12-9-17(19(22)24)18(23)21-10-7-15(20)8-11-21;/h3-6,13,15,17H,7-12,20H2,1-2H3;1H. The van der Waals surface area contributed by atoms with E-state index < -0.39 is 5.92 Å². The Bertz CT molecular complexity index is 610. The molecule has 0 aliphatic carbocycles. The molecule has 2 heterocycles. The van der Waals surface area contributed by atoms with Gasteiger partial charge in [-0.1, -0.05) is 26.0 Å². The van der Waals surface area contributed by atoms with Crippen molar-refractivity contribution in [2.24, 2.45) is 11.7 Å². The van der Waals surface area contributed by atoms with Gasteiger partial charge in [-0.05, 0) is 42.9 Å². The number of carbonyl (C=O) groups is 2. The Morgan fingerprint density at radius 2 is 1.68 bits per heavy atom. The molecule has 2 aliphatic heterocycles. The number of piperidine rings is 1. The van der Waals surface area contributed by atoms with Crippen LogP contribution in [0.15, 0.2) is 24.3 Å². The maximum absolute atomic E-state index is 12.7. The van der Waals surface area contributed by atoms with Crippen molar-refractivity contribution in [3.63, 3.8) is 0 Å². The molecule has 2 N–H and O–H groups in total. The molecule has 1 unspecified atom stereocenters. The van der Waals surface area contributed by atoms with Crippen LogP contribution in [-0.2, 0) is 9.59 Å². The van der Waals surface area contributed by atoms with Crippen LogP contribution in [0.2, 0.25) is 0 Å². The van der Waals surface area contributed by atoms with Gasteiger partial charge in [0.05, 0.1) is 0 Å². The number of amides is 2. The first-order chi connectivity index (χ1) is 11.5. The molecule has 2 aliphatic rings. The van der Waals surface area contributed by atoms with Crippen molar-refractivity contribution in [3.8, 4) is 0 Å². The fraction of sp³-hybridized carbons (Fsp3) is 0.579. The quantitative estimate of drug-likeness (QED) is 0.837. The molecule has 5 nitrogen and oxygen atoms in total. The summed E-state index contributed by atoms with van der Waals surface area (Å²) in [4.78, 5) is 29.0. The summed E-state index contributed by atoms with van der Waals surface area (Å²) in [5, 5.41) is 0. The highest BCUT2D eigenvalue weighted by molar-refractivity contribution is 6.09. The molecule has 1 aromatic rings. The van der Waals surface area contributed by atoms with Crippen LogP contribution >= 0.6 is 12.4 Å². The monoisotopic (exact) mass is 365 g/mol. The summed E-state index contributed by atoms with van der Waals surface area (Å²) < 4.78 is 0. The molecule has 1 aromatic carbocycles. The smallest absolute Gasteiger partial charge is 0.239 e. The van der Waals surface area contributed by atoms with E-state index in [-0.39, 0.29) is 30.3 Å². The molecule has 2 saturated heterocycles. The predicted octanol–water partition coefficient (Wildman–Crippen LogP) is 2.53. The van der Waals surface area contributed by atoms with Crippen LogP contribution in [0.25, 0.3) is 0 Å². The van der Waals surface area contributed by atoms with Crippen molar-refractivity contribution in [3.05, 3.63) is 29.8 Å². The minimum absolute atomic E-state index is 0. The maximum Gasteiger partial charge on any atom is 0.239 e. The summed E-state index contributed by atoms with van der Waals surface area (Å²) >= 11 is 0. The Labute approximate surface area is 155 Å². The van der Waals surface area contributed by atoms with Crippen molar-refractivity contribution in [2.75, 3.05) is 24.5 Å². The fourth-order valence-electron chi connectivity index (χ4n) is 3.54. The van der Waals surface area contributed by atoms with Gasteiger partial charge in [0.2, 0.25) is 11.8 Å². The summed E-state index contributed by atoms with van der Waals surface area (Å²) in [6.45, 7) is 6.26. The third-order valence-corrected chi connectivity index (χ3v) is 5.23. The van der Waals surface area contributed by atoms with Gasteiger partial charge in [0, 0.05) is 31.4 Å². The largest absolute Gasteiger partial charge is 0.342 e. The van der Waals surface area contributed by atoms with Crippen LogP contribution in [0.5, 0.6) is 0 Å². The highest BCUT2D eigenvalue weighted by Gasteiger charge is 2.40. The number of rotatable bonds is 3. The maximum atomic E-state index is 12.7. The van der Waals surface area contributed by atoms with Crippen LogP contribution < -0.4 is 10.6 Å². The Morgan fingerprint density at radius 3 is 2.24 bits per heavy atom. The molecule has 1 atom stereocenters. The second-order valence-corrected chi connectivity index (χ2v) is 7.24.